The molecular weight excluding hydrogens is 380 g/mol. The first-order chi connectivity index (χ1) is 14.5. The molecule has 3 heterocycles. The fourth-order valence-electron chi connectivity index (χ4n) is 4.23. The van der Waals surface area contributed by atoms with Crippen LogP contribution in [0.5, 0.6) is 0 Å². The number of rotatable bonds is 5. The van der Waals surface area contributed by atoms with E-state index >= 15 is 0 Å². The monoisotopic (exact) mass is 408 g/mol. The molecule has 4 rings (SSSR count). The van der Waals surface area contributed by atoms with Crippen LogP contribution >= 0.6 is 0 Å². The molecule has 8 nitrogen and oxygen atoms in total. The number of likely N-dealkylation sites (N-methyl/N-ethyl adjacent to an activating group) is 1. The summed E-state index contributed by atoms with van der Waals surface area (Å²) in [7, 11) is 1.74. The van der Waals surface area contributed by atoms with Crippen molar-refractivity contribution in [1.29, 1.82) is 0 Å². The molecule has 3 atom stereocenters. The zero-order valence-electron chi connectivity index (χ0n) is 17.6. The maximum atomic E-state index is 13.2. The highest BCUT2D eigenvalue weighted by molar-refractivity contribution is 6.01. The lowest BCUT2D eigenvalue weighted by Gasteiger charge is -2.42. The van der Waals surface area contributed by atoms with Crippen molar-refractivity contribution >= 4 is 23.7 Å². The third-order valence-electron chi connectivity index (χ3n) is 5.68. The smallest absolute Gasteiger partial charge is 0.310 e. The highest BCUT2D eigenvalue weighted by Gasteiger charge is 2.55. The largest absolute Gasteiger partial charge is 0.328 e. The number of benzene rings is 1. The lowest BCUT2D eigenvalue weighted by Crippen LogP contribution is -2.66. The quantitative estimate of drug-likeness (QED) is 0.752. The number of nitrogens with one attached hydrogen (secondary N) is 1. The van der Waals surface area contributed by atoms with Crippen molar-refractivity contribution in [2.24, 2.45) is 5.10 Å². The summed E-state index contributed by atoms with van der Waals surface area (Å²) in [6.07, 6.45) is 7.18. The Kier molecular flexibility index (Phi) is 5.69. The molecule has 30 heavy (non-hydrogen) atoms. The summed E-state index contributed by atoms with van der Waals surface area (Å²) >= 11 is 0. The van der Waals surface area contributed by atoms with Crippen LogP contribution in [0.4, 0.5) is 4.79 Å². The topological polar surface area (TPSA) is 71.5 Å². The molecule has 0 aromatic heterocycles. The van der Waals surface area contributed by atoms with E-state index in [-0.39, 0.29) is 30.9 Å². The highest BCUT2D eigenvalue weighted by Crippen LogP contribution is 2.30. The summed E-state index contributed by atoms with van der Waals surface area (Å²) in [6.45, 7) is 5.31. The Morgan fingerprint density at radius 3 is 2.67 bits per heavy atom. The van der Waals surface area contributed by atoms with E-state index in [9.17, 15) is 9.59 Å². The molecule has 1 aromatic carbocycles. The number of nitrogens with zero attached hydrogens (tertiary/aromatic N) is 5. The Balaban J connectivity index is 1.55. The molecule has 2 saturated heterocycles. The van der Waals surface area contributed by atoms with Gasteiger partial charge in [-0.05, 0) is 19.4 Å². The van der Waals surface area contributed by atoms with Gasteiger partial charge in [-0.15, -0.1) is 0 Å². The average Bonchev–Trinajstić information content (AvgIpc) is 3.13. The van der Waals surface area contributed by atoms with E-state index in [0.29, 0.717) is 13.1 Å². The van der Waals surface area contributed by atoms with Gasteiger partial charge >= 0.3 is 6.03 Å². The van der Waals surface area contributed by atoms with Crippen molar-refractivity contribution in [1.82, 2.24) is 25.0 Å². The molecule has 0 spiro atoms. The summed E-state index contributed by atoms with van der Waals surface area (Å²) in [6, 6.07) is 9.39. The number of hydrogen-bond acceptors (Lipinski definition) is 6. The number of allylic oxidation sites excluding steroid dienone is 1. The number of imide groups is 1. The molecular formula is C22H28N6O2. The fraction of sp³-hybridized carbons (Fsp3) is 0.409. The van der Waals surface area contributed by atoms with Gasteiger partial charge in [-0.1, -0.05) is 54.6 Å². The molecule has 2 fully saturated rings. The van der Waals surface area contributed by atoms with Gasteiger partial charge in [-0.2, -0.15) is 5.10 Å². The number of carbonyl (C=O) groups excluding carboxylic acids is 2. The third kappa shape index (κ3) is 3.64. The normalized spacial score (nSPS) is 27.2. The molecule has 1 aromatic rings. The van der Waals surface area contributed by atoms with Crippen LogP contribution in [0, 0.1) is 0 Å². The number of fused-ring (bicyclic) bond motifs is 3. The lowest BCUT2D eigenvalue weighted by atomic mass is 10.1. The van der Waals surface area contributed by atoms with Crippen molar-refractivity contribution in [3.05, 3.63) is 54.1 Å². The SMILES string of the molecule is C/C=C/CN1C(=O)C2C(NC3N(C/C=C/c4ccccc4)N=C(C)CN23)N(C)C1=O. The fourth-order valence-corrected chi connectivity index (χ4v) is 4.23. The predicted octanol–water partition coefficient (Wildman–Crippen LogP) is 1.74. The van der Waals surface area contributed by atoms with Crippen LogP contribution in [-0.4, -0.2) is 82.5 Å². The first kappa shape index (κ1) is 20.3. The van der Waals surface area contributed by atoms with Gasteiger partial charge in [0.25, 0.3) is 5.91 Å². The third-order valence-corrected chi connectivity index (χ3v) is 5.68. The van der Waals surface area contributed by atoms with E-state index < -0.39 is 6.04 Å². The molecule has 0 saturated carbocycles. The molecule has 0 radical (unpaired) electrons. The van der Waals surface area contributed by atoms with E-state index in [1.807, 2.05) is 49.2 Å². The van der Waals surface area contributed by atoms with Crippen LogP contribution < -0.4 is 5.32 Å². The van der Waals surface area contributed by atoms with E-state index in [1.54, 1.807) is 11.9 Å². The van der Waals surface area contributed by atoms with E-state index in [0.717, 1.165) is 11.3 Å². The first-order valence-electron chi connectivity index (χ1n) is 10.2. The van der Waals surface area contributed by atoms with Crippen LogP contribution in [0.25, 0.3) is 6.08 Å². The van der Waals surface area contributed by atoms with Gasteiger partial charge in [0.2, 0.25) is 0 Å². The Labute approximate surface area is 177 Å². The van der Waals surface area contributed by atoms with Gasteiger partial charge < -0.3 is 4.90 Å². The predicted molar refractivity (Wildman–Crippen MR) is 116 cm³/mol. The summed E-state index contributed by atoms with van der Waals surface area (Å²) in [5.41, 5.74) is 2.06. The second kappa shape index (κ2) is 8.41. The standard InChI is InChI=1S/C22H28N6O2/c1-4-5-13-26-20(29)18-19(25(3)22(26)30)23-21-27(18)15-16(2)24-28(21)14-9-12-17-10-7-6-8-11-17/h4-12,18-19,21,23H,13-15H2,1-3H3/b5-4+,12-9+. The highest BCUT2D eigenvalue weighted by atomic mass is 16.2. The molecule has 3 aliphatic heterocycles. The van der Waals surface area contributed by atoms with Crippen LogP contribution in [-0.2, 0) is 4.79 Å². The summed E-state index contributed by atoms with van der Waals surface area (Å²) < 4.78 is 0. The van der Waals surface area contributed by atoms with Crippen LogP contribution in [0.2, 0.25) is 0 Å². The number of amides is 3. The number of urea groups is 1. The van der Waals surface area contributed by atoms with Gasteiger partial charge in [0, 0.05) is 25.8 Å². The van der Waals surface area contributed by atoms with Crippen molar-refractivity contribution in [3.8, 4) is 0 Å². The Bertz CT molecular complexity index is 896. The Hall–Kier alpha value is -2.97. The minimum absolute atomic E-state index is 0.161. The number of carbonyl (C=O) groups is 2. The van der Waals surface area contributed by atoms with Gasteiger partial charge in [0.15, 0.2) is 6.29 Å². The van der Waals surface area contributed by atoms with Crippen LogP contribution in [0.3, 0.4) is 0 Å². The van der Waals surface area contributed by atoms with Crippen molar-refractivity contribution in [3.63, 3.8) is 0 Å². The van der Waals surface area contributed by atoms with Crippen molar-refractivity contribution in [2.75, 3.05) is 26.7 Å². The Morgan fingerprint density at radius 2 is 1.93 bits per heavy atom. The molecule has 0 aliphatic carbocycles. The summed E-state index contributed by atoms with van der Waals surface area (Å²) in [5, 5.41) is 10.1. The van der Waals surface area contributed by atoms with Gasteiger partial charge in [0.05, 0.1) is 6.54 Å². The second-order valence-corrected chi connectivity index (χ2v) is 7.78. The Morgan fingerprint density at radius 1 is 1.17 bits per heavy atom. The van der Waals surface area contributed by atoms with Crippen LogP contribution in [0.1, 0.15) is 19.4 Å². The maximum Gasteiger partial charge on any atom is 0.328 e. The first-order valence-corrected chi connectivity index (χ1v) is 10.2. The number of hydrazone groups is 1. The van der Waals surface area contributed by atoms with Crippen molar-refractivity contribution < 1.29 is 9.59 Å². The average molecular weight is 409 g/mol. The zero-order chi connectivity index (χ0) is 21.3. The zero-order valence-corrected chi connectivity index (χ0v) is 17.6. The molecule has 158 valence electrons. The van der Waals surface area contributed by atoms with E-state index in [2.05, 4.69) is 34.5 Å². The lowest BCUT2D eigenvalue weighted by molar-refractivity contribution is -0.138. The van der Waals surface area contributed by atoms with Gasteiger partial charge in [-0.25, -0.2) is 9.69 Å². The minimum atomic E-state index is -0.436. The summed E-state index contributed by atoms with van der Waals surface area (Å²) in [4.78, 5) is 31.0. The van der Waals surface area contributed by atoms with Gasteiger partial charge in [-0.3, -0.25) is 20.0 Å². The van der Waals surface area contributed by atoms with E-state index in [1.165, 1.54) is 4.90 Å². The minimum Gasteiger partial charge on any atom is -0.310 e. The molecule has 1 N–H and O–H groups in total. The van der Waals surface area contributed by atoms with E-state index in [4.69, 9.17) is 5.10 Å². The van der Waals surface area contributed by atoms with Gasteiger partial charge in [0.1, 0.15) is 12.2 Å². The maximum absolute atomic E-state index is 13.2. The van der Waals surface area contributed by atoms with Crippen LogP contribution in [0.15, 0.2) is 53.7 Å². The molecule has 3 amide bonds. The molecule has 0 bridgehead atoms. The number of hydrogen-bond donors (Lipinski definition) is 1. The second-order valence-electron chi connectivity index (χ2n) is 7.78. The molecule has 8 heteroatoms. The summed E-state index contributed by atoms with van der Waals surface area (Å²) in [5.74, 6) is -0.161. The molecule has 3 aliphatic rings. The molecule has 3 unspecified atom stereocenters. The van der Waals surface area contributed by atoms with Crippen molar-refractivity contribution in [2.45, 2.75) is 32.3 Å².